The fourth-order valence-electron chi connectivity index (χ4n) is 4.24. The molecule has 12 heteroatoms. The summed E-state index contributed by atoms with van der Waals surface area (Å²) in [5.74, 6) is 0.139. The highest BCUT2D eigenvalue weighted by Crippen LogP contribution is 2.45. The Morgan fingerprint density at radius 2 is 1.97 bits per heavy atom. The predicted molar refractivity (Wildman–Crippen MR) is 127 cm³/mol. The van der Waals surface area contributed by atoms with E-state index in [0.717, 1.165) is 10.6 Å². The summed E-state index contributed by atoms with van der Waals surface area (Å²) < 4.78 is 15.2. The molecule has 0 radical (unpaired) electrons. The highest BCUT2D eigenvalue weighted by atomic mass is 32.1. The minimum absolute atomic E-state index is 0.159. The molecule has 6 rings (SSSR count). The Kier molecular flexibility index (Phi) is 4.61. The lowest BCUT2D eigenvalue weighted by Crippen LogP contribution is -2.32. The number of nitrogens with two attached hydrogens (primary N) is 1. The van der Waals surface area contributed by atoms with Gasteiger partial charge < -0.3 is 15.5 Å². The zero-order valence-electron chi connectivity index (χ0n) is 18.7. The van der Waals surface area contributed by atoms with Crippen molar-refractivity contribution < 1.29 is 9.18 Å². The third kappa shape index (κ3) is 3.33. The molecular formula is C23H18FN9OS. The Hall–Kier alpha value is -4.32. The number of anilines is 2. The molecule has 10 nitrogen and oxygen atoms in total. The molecule has 0 saturated carbocycles. The number of hydrogen-bond donors (Lipinski definition) is 2. The van der Waals surface area contributed by atoms with Crippen molar-refractivity contribution in [1.82, 2.24) is 34.5 Å². The lowest BCUT2D eigenvalue weighted by Gasteiger charge is -2.19. The molecule has 1 atom stereocenters. The number of nitrogens with one attached hydrogen (secondary N) is 1. The fraction of sp³-hybridized carbons (Fsp3) is 0.174. The molecule has 35 heavy (non-hydrogen) atoms. The number of carbonyl (C=O) groups excluding carboxylic acids is 1. The minimum atomic E-state index is -1.14. The third-order valence-electron chi connectivity index (χ3n) is 6.03. The summed E-state index contributed by atoms with van der Waals surface area (Å²) in [6.07, 6.45) is 5.65. The first kappa shape index (κ1) is 21.2. The van der Waals surface area contributed by atoms with Crippen LogP contribution in [0, 0.1) is 12.7 Å². The van der Waals surface area contributed by atoms with Gasteiger partial charge in [0.25, 0.3) is 0 Å². The number of nitrogen functional groups attached to an aromatic ring is 1. The van der Waals surface area contributed by atoms with Crippen molar-refractivity contribution in [3.8, 4) is 11.5 Å². The molecule has 4 aromatic heterocycles. The van der Waals surface area contributed by atoms with Crippen LogP contribution in [0.1, 0.15) is 33.8 Å². The summed E-state index contributed by atoms with van der Waals surface area (Å²) in [4.78, 5) is 31.3. The van der Waals surface area contributed by atoms with E-state index >= 15 is 0 Å². The van der Waals surface area contributed by atoms with Gasteiger partial charge in [-0.3, -0.25) is 4.79 Å². The van der Waals surface area contributed by atoms with Crippen molar-refractivity contribution >= 4 is 34.5 Å². The maximum absolute atomic E-state index is 13.4. The first-order valence-electron chi connectivity index (χ1n) is 10.7. The van der Waals surface area contributed by atoms with Crippen LogP contribution in [0.3, 0.4) is 0 Å². The number of aryl methyl sites for hydroxylation is 1. The Morgan fingerprint density at radius 3 is 2.71 bits per heavy atom. The first-order chi connectivity index (χ1) is 16.8. The van der Waals surface area contributed by atoms with Gasteiger partial charge in [0, 0.05) is 25.0 Å². The average molecular weight is 488 g/mol. The molecule has 0 spiro atoms. The standard InChI is InChI=1S/C23H18FN9OS/c1-11-31-32-22(35-11)23(2)16-17(25)28-18(29-19(16)30-21(23)34)15-10-33-8-7-26-20(33)14(27-15)9-12-3-5-13(24)6-4-12/h3-8,10H,9H2,1-2H3,(H3,25,28,29,30,34). The van der Waals surface area contributed by atoms with Crippen molar-refractivity contribution in [3.63, 3.8) is 0 Å². The molecular weight excluding hydrogens is 469 g/mol. The smallest absolute Gasteiger partial charge is 0.243 e. The number of amides is 1. The van der Waals surface area contributed by atoms with Gasteiger partial charge in [-0.2, -0.15) is 0 Å². The van der Waals surface area contributed by atoms with Crippen LogP contribution in [0.15, 0.2) is 42.9 Å². The van der Waals surface area contributed by atoms with Gasteiger partial charge in [0.2, 0.25) is 5.91 Å². The van der Waals surface area contributed by atoms with Gasteiger partial charge in [0.1, 0.15) is 38.6 Å². The largest absolute Gasteiger partial charge is 0.383 e. The van der Waals surface area contributed by atoms with Crippen LogP contribution in [0.25, 0.3) is 17.2 Å². The number of rotatable bonds is 4. The molecule has 1 aromatic carbocycles. The van der Waals surface area contributed by atoms with E-state index in [-0.39, 0.29) is 23.4 Å². The van der Waals surface area contributed by atoms with Gasteiger partial charge in [-0.1, -0.05) is 12.1 Å². The molecule has 5 heterocycles. The summed E-state index contributed by atoms with van der Waals surface area (Å²) >= 11 is 1.33. The lowest BCUT2D eigenvalue weighted by atomic mass is 9.85. The van der Waals surface area contributed by atoms with E-state index in [4.69, 9.17) is 10.7 Å². The van der Waals surface area contributed by atoms with E-state index in [9.17, 15) is 9.18 Å². The lowest BCUT2D eigenvalue weighted by molar-refractivity contribution is -0.119. The van der Waals surface area contributed by atoms with E-state index in [2.05, 4.69) is 30.5 Å². The van der Waals surface area contributed by atoms with Gasteiger partial charge in [-0.15, -0.1) is 21.5 Å². The van der Waals surface area contributed by atoms with E-state index in [0.29, 0.717) is 39.8 Å². The van der Waals surface area contributed by atoms with E-state index in [1.165, 1.54) is 23.5 Å². The number of imidazole rings is 1. The van der Waals surface area contributed by atoms with Gasteiger partial charge in [0.05, 0.1) is 11.3 Å². The summed E-state index contributed by atoms with van der Waals surface area (Å²) in [7, 11) is 0. The second kappa shape index (κ2) is 7.60. The molecule has 1 unspecified atom stereocenters. The number of fused-ring (bicyclic) bond motifs is 2. The third-order valence-corrected chi connectivity index (χ3v) is 7.09. The van der Waals surface area contributed by atoms with E-state index in [1.54, 1.807) is 37.6 Å². The molecule has 1 aliphatic heterocycles. The number of benzene rings is 1. The Bertz CT molecular complexity index is 1630. The van der Waals surface area contributed by atoms with Crippen LogP contribution in [0.2, 0.25) is 0 Å². The predicted octanol–water partition coefficient (Wildman–Crippen LogP) is 2.92. The van der Waals surface area contributed by atoms with Crippen LogP contribution in [0.5, 0.6) is 0 Å². The van der Waals surface area contributed by atoms with Crippen molar-refractivity contribution in [2.24, 2.45) is 0 Å². The average Bonchev–Trinajstić information content (AvgIpc) is 3.54. The Morgan fingerprint density at radius 1 is 1.17 bits per heavy atom. The van der Waals surface area contributed by atoms with Gasteiger partial charge in [-0.25, -0.2) is 24.3 Å². The minimum Gasteiger partial charge on any atom is -0.383 e. The molecule has 5 aromatic rings. The first-order valence-corrected chi connectivity index (χ1v) is 11.5. The maximum Gasteiger partial charge on any atom is 0.243 e. The normalized spacial score (nSPS) is 17.1. The number of halogens is 1. The van der Waals surface area contributed by atoms with Crippen molar-refractivity contribution in [2.45, 2.75) is 25.7 Å². The number of hydrogen-bond acceptors (Lipinski definition) is 9. The van der Waals surface area contributed by atoms with E-state index < -0.39 is 5.41 Å². The SMILES string of the molecule is Cc1nnc(C2(C)C(=O)Nc3nc(-c4cn5ccnc5c(Cc5ccc(F)cc5)n4)nc(N)c32)s1. The monoisotopic (exact) mass is 487 g/mol. The van der Waals surface area contributed by atoms with Crippen molar-refractivity contribution in [2.75, 3.05) is 11.1 Å². The van der Waals surface area contributed by atoms with Crippen LogP contribution in [0.4, 0.5) is 16.0 Å². The highest BCUT2D eigenvalue weighted by molar-refractivity contribution is 7.11. The highest BCUT2D eigenvalue weighted by Gasteiger charge is 2.50. The molecule has 3 N–H and O–H groups in total. The van der Waals surface area contributed by atoms with Crippen LogP contribution >= 0.6 is 11.3 Å². The van der Waals surface area contributed by atoms with Gasteiger partial charge >= 0.3 is 0 Å². The van der Waals surface area contributed by atoms with Gasteiger partial charge in [0.15, 0.2) is 11.5 Å². The molecule has 0 bridgehead atoms. The summed E-state index contributed by atoms with van der Waals surface area (Å²) in [5.41, 5.74) is 8.39. The number of nitrogens with zero attached hydrogens (tertiary/aromatic N) is 7. The van der Waals surface area contributed by atoms with Crippen molar-refractivity contribution in [3.05, 3.63) is 75.5 Å². The Labute approximate surface area is 202 Å². The van der Waals surface area contributed by atoms with Crippen LogP contribution < -0.4 is 11.1 Å². The molecule has 0 aliphatic carbocycles. The zero-order chi connectivity index (χ0) is 24.3. The molecule has 0 saturated heterocycles. The quantitative estimate of drug-likeness (QED) is 0.395. The molecule has 1 amide bonds. The maximum atomic E-state index is 13.4. The summed E-state index contributed by atoms with van der Waals surface area (Å²) in [5, 5.41) is 12.3. The van der Waals surface area contributed by atoms with Crippen molar-refractivity contribution in [1.29, 1.82) is 0 Å². The van der Waals surface area contributed by atoms with Crippen LogP contribution in [-0.4, -0.2) is 40.4 Å². The Balaban J connectivity index is 1.46. The number of carbonyl (C=O) groups is 1. The molecule has 0 fully saturated rings. The summed E-state index contributed by atoms with van der Waals surface area (Å²) in [6.45, 7) is 3.56. The second-order valence-electron chi connectivity index (χ2n) is 8.40. The van der Waals surface area contributed by atoms with Crippen LogP contribution in [-0.2, 0) is 16.6 Å². The van der Waals surface area contributed by atoms with Gasteiger partial charge in [-0.05, 0) is 31.5 Å². The molecule has 1 aliphatic rings. The zero-order valence-corrected chi connectivity index (χ0v) is 19.5. The fourth-order valence-corrected chi connectivity index (χ4v) is 5.09. The molecule has 174 valence electrons. The topological polar surface area (TPSA) is 137 Å². The summed E-state index contributed by atoms with van der Waals surface area (Å²) in [6, 6.07) is 6.23. The number of aromatic nitrogens is 7. The van der Waals surface area contributed by atoms with E-state index in [1.807, 2.05) is 11.3 Å². The second-order valence-corrected chi connectivity index (χ2v) is 9.58.